The number of H-pyrrole nitrogens is 1. The van der Waals surface area contributed by atoms with Crippen molar-refractivity contribution in [2.45, 2.75) is 70.1 Å². The Kier molecular flexibility index (Phi) is 10.4. The molecule has 1 aromatic heterocycles. The topological polar surface area (TPSA) is 184 Å². The van der Waals surface area contributed by atoms with Crippen molar-refractivity contribution in [3.8, 4) is 5.75 Å². The molecule has 1 aliphatic heterocycles. The summed E-state index contributed by atoms with van der Waals surface area (Å²) in [6.07, 6.45) is 3.34. The van der Waals surface area contributed by atoms with Gasteiger partial charge in [0.25, 0.3) is 0 Å². The van der Waals surface area contributed by atoms with Crippen molar-refractivity contribution >= 4 is 45.3 Å². The Balaban J connectivity index is 1.21. The van der Waals surface area contributed by atoms with Gasteiger partial charge < -0.3 is 37.1 Å². The van der Waals surface area contributed by atoms with E-state index in [0.29, 0.717) is 30.5 Å². The highest BCUT2D eigenvalue weighted by molar-refractivity contribution is 5.96. The Morgan fingerprint density at radius 1 is 0.863 bits per heavy atom. The van der Waals surface area contributed by atoms with Crippen LogP contribution in [0.4, 0.5) is 0 Å². The van der Waals surface area contributed by atoms with Gasteiger partial charge in [0.05, 0.1) is 6.04 Å². The summed E-state index contributed by atoms with van der Waals surface area (Å²) in [5.74, 6) is -1.90. The van der Waals surface area contributed by atoms with E-state index in [-0.39, 0.29) is 30.9 Å². The van der Waals surface area contributed by atoms with Crippen LogP contribution in [-0.2, 0) is 38.4 Å². The number of aromatic nitrogens is 1. The van der Waals surface area contributed by atoms with Crippen LogP contribution in [0.1, 0.15) is 40.7 Å². The molecule has 5 aromatic rings. The van der Waals surface area contributed by atoms with Crippen LogP contribution in [0.3, 0.4) is 0 Å². The quantitative estimate of drug-likeness (QED) is 0.117. The fraction of sp³-hybridized carbons (Fsp3) is 0.300. The Morgan fingerprint density at radius 2 is 1.53 bits per heavy atom. The molecule has 6 rings (SSSR count). The second-order valence-electron chi connectivity index (χ2n) is 13.5. The van der Waals surface area contributed by atoms with E-state index in [2.05, 4.69) is 15.6 Å². The second-order valence-corrected chi connectivity index (χ2v) is 13.5. The molecule has 4 amide bonds. The summed E-state index contributed by atoms with van der Waals surface area (Å²) < 4.78 is 0. The Morgan fingerprint density at radius 3 is 2.27 bits per heavy atom. The number of carbonyl (C=O) groups excluding carboxylic acids is 4. The molecule has 0 aliphatic carbocycles. The van der Waals surface area contributed by atoms with Crippen molar-refractivity contribution in [3.05, 3.63) is 113 Å². The van der Waals surface area contributed by atoms with E-state index in [4.69, 9.17) is 11.5 Å². The molecule has 2 heterocycles. The van der Waals surface area contributed by atoms with E-state index in [1.54, 1.807) is 32.2 Å². The number of benzene rings is 4. The van der Waals surface area contributed by atoms with E-state index in [0.717, 1.165) is 38.4 Å². The molecule has 1 saturated heterocycles. The predicted molar refractivity (Wildman–Crippen MR) is 197 cm³/mol. The maximum Gasteiger partial charge on any atom is 0.243 e. The lowest BCUT2D eigenvalue weighted by Crippen LogP contribution is -2.58. The van der Waals surface area contributed by atoms with Crippen molar-refractivity contribution in [1.82, 2.24) is 20.5 Å². The summed E-state index contributed by atoms with van der Waals surface area (Å²) in [6, 6.07) is 20.9. The number of nitrogens with two attached hydrogens (primary N) is 2. The summed E-state index contributed by atoms with van der Waals surface area (Å²) in [6.45, 7) is 3.93. The van der Waals surface area contributed by atoms with Gasteiger partial charge in [-0.25, -0.2) is 0 Å². The van der Waals surface area contributed by atoms with E-state index in [1.165, 1.54) is 4.90 Å². The van der Waals surface area contributed by atoms with Gasteiger partial charge in [-0.15, -0.1) is 0 Å². The van der Waals surface area contributed by atoms with Gasteiger partial charge in [-0.3, -0.25) is 19.2 Å². The number of primary amides is 1. The zero-order valence-corrected chi connectivity index (χ0v) is 28.8. The van der Waals surface area contributed by atoms with Crippen LogP contribution in [0.5, 0.6) is 5.75 Å². The number of hydrogen-bond acceptors (Lipinski definition) is 6. The SMILES string of the molecule is Cc1cc(C[C@H](N)C(=O)N2CCC[C@H]2C(=O)N[C@@H](Cc2c[nH]c3ccccc23)C(=O)N[C@H](Cc2cccc3ccccc23)C(N)=O)cc(C)c1O. The molecular formula is C40H44N6O5. The van der Waals surface area contributed by atoms with Gasteiger partial charge in [-0.2, -0.15) is 0 Å². The Hall–Kier alpha value is -5.68. The highest BCUT2D eigenvalue weighted by atomic mass is 16.3. The maximum atomic E-state index is 14.1. The number of phenolic OH excluding ortho intramolecular Hbond substituents is 1. The maximum absolute atomic E-state index is 14.1. The van der Waals surface area contributed by atoms with Crippen LogP contribution in [0.15, 0.2) is 85.1 Å². The average Bonchev–Trinajstić information content (AvgIpc) is 3.77. The minimum atomic E-state index is -1.08. The molecule has 1 fully saturated rings. The average molecular weight is 689 g/mol. The third-order valence-corrected chi connectivity index (χ3v) is 9.86. The van der Waals surface area contributed by atoms with Gasteiger partial charge in [-0.05, 0) is 77.8 Å². The molecule has 0 saturated carbocycles. The number of amides is 4. The van der Waals surface area contributed by atoms with Crippen molar-refractivity contribution in [2.24, 2.45) is 11.5 Å². The number of carbonyl (C=O) groups is 4. The largest absolute Gasteiger partial charge is 0.507 e. The standard InChI is InChI=1S/C40H44N6O5/c1-23-17-25(18-24(2)36(23)47)19-31(41)40(51)46-16-8-15-35(46)39(50)45-34(21-28-22-43-32-14-6-5-13-30(28)32)38(49)44-33(37(42)48)20-27-11-7-10-26-9-3-4-12-29(26)27/h3-7,9-14,17-18,22,31,33-35,43,47H,8,15-16,19-21,41H2,1-2H3,(H2,42,48)(H,44,49)(H,45,50)/t31-,33+,34-,35-/m0/s1. The van der Waals surface area contributed by atoms with Crippen molar-refractivity contribution in [3.63, 3.8) is 0 Å². The van der Waals surface area contributed by atoms with Crippen LogP contribution < -0.4 is 22.1 Å². The molecule has 264 valence electrons. The van der Waals surface area contributed by atoms with Crippen LogP contribution in [0.2, 0.25) is 0 Å². The first-order valence-corrected chi connectivity index (χ1v) is 17.3. The minimum absolute atomic E-state index is 0.126. The molecule has 4 aromatic carbocycles. The number of para-hydroxylation sites is 1. The predicted octanol–water partition coefficient (Wildman–Crippen LogP) is 3.44. The number of phenols is 1. The molecule has 11 nitrogen and oxygen atoms in total. The van der Waals surface area contributed by atoms with Crippen molar-refractivity contribution in [2.75, 3.05) is 6.54 Å². The van der Waals surface area contributed by atoms with Gasteiger partial charge in [0, 0.05) is 36.5 Å². The van der Waals surface area contributed by atoms with Crippen LogP contribution in [0, 0.1) is 13.8 Å². The number of aromatic amines is 1. The summed E-state index contributed by atoms with van der Waals surface area (Å²) >= 11 is 0. The monoisotopic (exact) mass is 688 g/mol. The molecule has 0 unspecified atom stereocenters. The van der Waals surface area contributed by atoms with E-state index in [1.807, 2.05) is 66.7 Å². The highest BCUT2D eigenvalue weighted by Crippen LogP contribution is 2.26. The first kappa shape index (κ1) is 35.2. The number of likely N-dealkylation sites (tertiary alicyclic amines) is 1. The number of hydrogen-bond donors (Lipinski definition) is 6. The molecule has 8 N–H and O–H groups in total. The molecule has 51 heavy (non-hydrogen) atoms. The first-order chi connectivity index (χ1) is 24.5. The molecule has 0 spiro atoms. The van der Waals surface area contributed by atoms with Crippen LogP contribution in [0.25, 0.3) is 21.7 Å². The third-order valence-electron chi connectivity index (χ3n) is 9.86. The van der Waals surface area contributed by atoms with Crippen molar-refractivity contribution in [1.29, 1.82) is 0 Å². The van der Waals surface area contributed by atoms with Crippen LogP contribution >= 0.6 is 0 Å². The lowest BCUT2D eigenvalue weighted by Gasteiger charge is -2.29. The number of aryl methyl sites for hydroxylation is 2. The Bertz CT molecular complexity index is 2080. The molecule has 0 radical (unpaired) electrons. The molecule has 0 bridgehead atoms. The zero-order valence-electron chi connectivity index (χ0n) is 28.8. The second kappa shape index (κ2) is 15.1. The molecular weight excluding hydrogens is 644 g/mol. The summed E-state index contributed by atoms with van der Waals surface area (Å²) in [5, 5.41) is 18.7. The van der Waals surface area contributed by atoms with E-state index in [9.17, 15) is 24.3 Å². The summed E-state index contributed by atoms with van der Waals surface area (Å²) in [4.78, 5) is 59.1. The van der Waals surface area contributed by atoms with Crippen LogP contribution in [-0.4, -0.2) is 69.3 Å². The first-order valence-electron chi connectivity index (χ1n) is 17.3. The van der Waals surface area contributed by atoms with Gasteiger partial charge in [0.1, 0.15) is 23.9 Å². The number of nitrogens with zero attached hydrogens (tertiary/aromatic N) is 1. The van der Waals surface area contributed by atoms with E-state index < -0.39 is 41.9 Å². The summed E-state index contributed by atoms with van der Waals surface area (Å²) in [5.41, 5.74) is 17.0. The smallest absolute Gasteiger partial charge is 0.243 e. The fourth-order valence-electron chi connectivity index (χ4n) is 7.20. The fourth-order valence-corrected chi connectivity index (χ4v) is 7.20. The van der Waals surface area contributed by atoms with Gasteiger partial charge in [0.15, 0.2) is 0 Å². The van der Waals surface area contributed by atoms with E-state index >= 15 is 0 Å². The van der Waals surface area contributed by atoms with Gasteiger partial charge >= 0.3 is 0 Å². The van der Waals surface area contributed by atoms with Gasteiger partial charge in [-0.1, -0.05) is 72.8 Å². The normalized spacial score (nSPS) is 16.1. The summed E-state index contributed by atoms with van der Waals surface area (Å²) in [7, 11) is 0. The number of fused-ring (bicyclic) bond motifs is 2. The lowest BCUT2D eigenvalue weighted by molar-refractivity contribution is -0.140. The lowest BCUT2D eigenvalue weighted by atomic mass is 9.97. The minimum Gasteiger partial charge on any atom is -0.507 e. The van der Waals surface area contributed by atoms with Gasteiger partial charge in [0.2, 0.25) is 23.6 Å². The zero-order chi connectivity index (χ0) is 36.2. The highest BCUT2D eigenvalue weighted by Gasteiger charge is 2.38. The number of nitrogens with one attached hydrogen (secondary N) is 3. The third kappa shape index (κ3) is 7.73. The molecule has 1 aliphatic rings. The van der Waals surface area contributed by atoms with Crippen molar-refractivity contribution < 1.29 is 24.3 Å². The molecule has 4 atom stereocenters. The number of aromatic hydroxyl groups is 1. The number of rotatable bonds is 12. The Labute approximate surface area is 296 Å². The molecule has 11 heteroatoms.